The van der Waals surface area contributed by atoms with Crippen LogP contribution in [0.15, 0.2) is 48.5 Å². The van der Waals surface area contributed by atoms with Crippen molar-refractivity contribution in [2.75, 3.05) is 32.8 Å². The van der Waals surface area contributed by atoms with E-state index in [9.17, 15) is 9.90 Å². The molecule has 0 saturated carbocycles. The van der Waals surface area contributed by atoms with Gasteiger partial charge in [0.25, 0.3) is 0 Å². The van der Waals surface area contributed by atoms with E-state index < -0.39 is 5.60 Å². The van der Waals surface area contributed by atoms with E-state index in [0.29, 0.717) is 26.2 Å². The van der Waals surface area contributed by atoms with Crippen molar-refractivity contribution in [1.29, 1.82) is 0 Å². The van der Waals surface area contributed by atoms with Crippen LogP contribution in [0.1, 0.15) is 24.0 Å². The molecular formula is C21H24N2O3. The van der Waals surface area contributed by atoms with E-state index in [1.165, 1.54) is 22.3 Å². The minimum Gasteiger partial charge on any atom is -0.449 e. The van der Waals surface area contributed by atoms with Crippen molar-refractivity contribution in [2.45, 2.75) is 18.4 Å². The maximum Gasteiger partial charge on any atom is 0.407 e. The van der Waals surface area contributed by atoms with Crippen LogP contribution in [0.5, 0.6) is 0 Å². The fourth-order valence-corrected chi connectivity index (χ4v) is 4.04. The van der Waals surface area contributed by atoms with E-state index >= 15 is 0 Å². The normalized spacial score (nSPS) is 17.9. The molecule has 0 radical (unpaired) electrons. The van der Waals surface area contributed by atoms with E-state index in [0.717, 1.165) is 6.54 Å². The number of β-amino-alcohol motifs (C(OH)–C–C–N with tert-alkyl or cyclic N) is 1. The number of carbonyl (C=O) groups is 1. The lowest BCUT2D eigenvalue weighted by molar-refractivity contribution is -0.0820. The third kappa shape index (κ3) is 3.32. The molecule has 26 heavy (non-hydrogen) atoms. The summed E-state index contributed by atoms with van der Waals surface area (Å²) in [6.45, 7) is 4.70. The number of rotatable bonds is 5. The average molecular weight is 352 g/mol. The van der Waals surface area contributed by atoms with Gasteiger partial charge in [0.1, 0.15) is 6.61 Å². The number of aliphatic hydroxyl groups is 1. The number of likely N-dealkylation sites (tertiary alicyclic amines) is 1. The average Bonchev–Trinajstić information content (AvgIpc) is 2.92. The Morgan fingerprint density at radius 2 is 1.73 bits per heavy atom. The van der Waals surface area contributed by atoms with Gasteiger partial charge in [-0.25, -0.2) is 4.79 Å². The van der Waals surface area contributed by atoms with Crippen LogP contribution in [-0.4, -0.2) is 54.5 Å². The van der Waals surface area contributed by atoms with Crippen LogP contribution in [0, 0.1) is 0 Å². The molecule has 0 atom stereocenters. The van der Waals surface area contributed by atoms with Crippen molar-refractivity contribution in [2.24, 2.45) is 0 Å². The Kier molecular flexibility index (Phi) is 4.42. The van der Waals surface area contributed by atoms with E-state index in [1.807, 2.05) is 31.2 Å². The molecule has 5 nitrogen and oxygen atoms in total. The minimum atomic E-state index is -0.580. The minimum absolute atomic E-state index is 0.0821. The Bertz CT molecular complexity index is 765. The smallest absolute Gasteiger partial charge is 0.407 e. The van der Waals surface area contributed by atoms with E-state index in [1.54, 1.807) is 0 Å². The number of hydrogen-bond donors (Lipinski definition) is 2. The van der Waals surface area contributed by atoms with Crippen molar-refractivity contribution in [3.05, 3.63) is 59.7 Å². The predicted molar refractivity (Wildman–Crippen MR) is 100 cm³/mol. The molecule has 1 fully saturated rings. The zero-order valence-corrected chi connectivity index (χ0v) is 14.9. The van der Waals surface area contributed by atoms with Crippen molar-refractivity contribution in [3.8, 4) is 11.1 Å². The molecular weight excluding hydrogens is 328 g/mol. The van der Waals surface area contributed by atoms with Crippen LogP contribution in [0.2, 0.25) is 0 Å². The Hall–Kier alpha value is -2.37. The molecule has 0 aromatic heterocycles. The number of nitrogens with zero attached hydrogens (tertiary/aromatic N) is 1. The highest BCUT2D eigenvalue weighted by molar-refractivity contribution is 5.79. The molecule has 0 unspecified atom stereocenters. The van der Waals surface area contributed by atoms with E-state index in [-0.39, 0.29) is 12.0 Å². The third-order valence-corrected chi connectivity index (χ3v) is 5.17. The summed E-state index contributed by atoms with van der Waals surface area (Å²) in [7, 11) is 0. The highest BCUT2D eigenvalue weighted by Crippen LogP contribution is 2.44. The summed E-state index contributed by atoms with van der Waals surface area (Å²) in [6.07, 6.45) is -0.390. The first-order valence-corrected chi connectivity index (χ1v) is 9.07. The maximum absolute atomic E-state index is 12.0. The van der Waals surface area contributed by atoms with E-state index in [2.05, 4.69) is 34.5 Å². The van der Waals surface area contributed by atoms with Gasteiger partial charge in [-0.2, -0.15) is 0 Å². The molecule has 2 aromatic rings. The predicted octanol–water partition coefficient (Wildman–Crippen LogP) is 2.59. The molecule has 1 aliphatic heterocycles. The molecule has 4 rings (SSSR count). The van der Waals surface area contributed by atoms with Gasteiger partial charge in [0.15, 0.2) is 0 Å². The number of fused-ring (bicyclic) bond motifs is 3. The molecule has 2 N–H and O–H groups in total. The highest BCUT2D eigenvalue weighted by Gasteiger charge is 2.35. The Morgan fingerprint density at radius 3 is 2.31 bits per heavy atom. The monoisotopic (exact) mass is 352 g/mol. The van der Waals surface area contributed by atoms with Gasteiger partial charge in [0.05, 0.1) is 5.60 Å². The first-order valence-electron chi connectivity index (χ1n) is 9.07. The lowest BCUT2D eigenvalue weighted by atomic mass is 9.97. The number of hydrogen-bond acceptors (Lipinski definition) is 4. The van der Waals surface area contributed by atoms with Gasteiger partial charge in [0, 0.05) is 32.1 Å². The fraction of sp³-hybridized carbons (Fsp3) is 0.381. The summed E-state index contributed by atoms with van der Waals surface area (Å²) in [5.41, 5.74) is 4.29. The lowest BCUT2D eigenvalue weighted by Gasteiger charge is -2.44. The summed E-state index contributed by atoms with van der Waals surface area (Å²) in [5.74, 6) is 0.0821. The highest BCUT2D eigenvalue weighted by atomic mass is 16.5. The molecule has 5 heteroatoms. The molecule has 2 aromatic carbocycles. The molecule has 1 aliphatic carbocycles. The summed E-state index contributed by atoms with van der Waals surface area (Å²) in [5, 5.41) is 12.5. The first kappa shape index (κ1) is 17.1. The van der Waals surface area contributed by atoms with Crippen LogP contribution < -0.4 is 5.32 Å². The van der Waals surface area contributed by atoms with Crippen molar-refractivity contribution >= 4 is 6.09 Å². The van der Waals surface area contributed by atoms with Gasteiger partial charge in [-0.3, -0.25) is 4.90 Å². The van der Waals surface area contributed by atoms with Crippen LogP contribution in [0.4, 0.5) is 4.79 Å². The second-order valence-corrected chi connectivity index (χ2v) is 7.46. The second kappa shape index (κ2) is 6.74. The quantitative estimate of drug-likeness (QED) is 0.868. The largest absolute Gasteiger partial charge is 0.449 e. The summed E-state index contributed by atoms with van der Waals surface area (Å²) >= 11 is 0. The number of nitrogens with one attached hydrogen (secondary N) is 1. The maximum atomic E-state index is 12.0. The standard InChI is InChI=1S/C21H24N2O3/c1-21(25)13-23(14-21)11-10-22-20(24)26-12-19-17-8-4-2-6-15(17)16-7-3-5-9-18(16)19/h2-9,19,25H,10-14H2,1H3,(H,22,24). The van der Waals surface area contributed by atoms with Crippen molar-refractivity contribution in [3.63, 3.8) is 0 Å². The lowest BCUT2D eigenvalue weighted by Crippen LogP contribution is -2.60. The zero-order chi connectivity index (χ0) is 18.1. The van der Waals surface area contributed by atoms with Gasteiger partial charge in [0.2, 0.25) is 0 Å². The number of alkyl carbamates (subject to hydrolysis) is 1. The number of ether oxygens (including phenoxy) is 1. The van der Waals surface area contributed by atoms with Gasteiger partial charge in [-0.1, -0.05) is 48.5 Å². The summed E-state index contributed by atoms with van der Waals surface area (Å²) in [4.78, 5) is 14.1. The summed E-state index contributed by atoms with van der Waals surface area (Å²) < 4.78 is 5.50. The molecule has 136 valence electrons. The molecule has 0 bridgehead atoms. The van der Waals surface area contributed by atoms with Gasteiger partial charge < -0.3 is 15.2 Å². The number of carbonyl (C=O) groups excluding carboxylic acids is 1. The molecule has 2 aliphatic rings. The van der Waals surface area contributed by atoms with Crippen LogP contribution >= 0.6 is 0 Å². The first-order chi connectivity index (χ1) is 12.5. The SMILES string of the molecule is CC1(O)CN(CCNC(=O)OCC2c3ccccc3-c3ccccc32)C1. The molecule has 1 heterocycles. The fourth-order valence-electron chi connectivity index (χ4n) is 4.04. The van der Waals surface area contributed by atoms with Gasteiger partial charge in [-0.15, -0.1) is 0 Å². The van der Waals surface area contributed by atoms with Crippen LogP contribution in [0.3, 0.4) is 0 Å². The Balaban J connectivity index is 1.31. The number of benzene rings is 2. The van der Waals surface area contributed by atoms with Crippen molar-refractivity contribution < 1.29 is 14.6 Å². The van der Waals surface area contributed by atoms with Crippen LogP contribution in [-0.2, 0) is 4.74 Å². The number of amides is 1. The van der Waals surface area contributed by atoms with Crippen molar-refractivity contribution in [1.82, 2.24) is 10.2 Å². The van der Waals surface area contributed by atoms with Gasteiger partial charge >= 0.3 is 6.09 Å². The summed E-state index contributed by atoms with van der Waals surface area (Å²) in [6, 6.07) is 16.6. The Labute approximate surface area is 153 Å². The Morgan fingerprint density at radius 1 is 1.15 bits per heavy atom. The molecule has 1 amide bonds. The second-order valence-electron chi connectivity index (χ2n) is 7.46. The van der Waals surface area contributed by atoms with E-state index in [4.69, 9.17) is 4.74 Å². The van der Waals surface area contributed by atoms with Crippen LogP contribution in [0.25, 0.3) is 11.1 Å². The zero-order valence-electron chi connectivity index (χ0n) is 14.9. The van der Waals surface area contributed by atoms with Gasteiger partial charge in [-0.05, 0) is 29.2 Å². The molecule has 0 spiro atoms. The topological polar surface area (TPSA) is 61.8 Å². The third-order valence-electron chi connectivity index (χ3n) is 5.17. The molecule has 1 saturated heterocycles.